The number of rotatable bonds is 3. The van der Waals surface area contributed by atoms with Crippen LogP contribution in [0.15, 0.2) is 61.5 Å². The van der Waals surface area contributed by atoms with Crippen molar-refractivity contribution in [2.45, 2.75) is 9.79 Å². The van der Waals surface area contributed by atoms with Crippen LogP contribution in [-0.2, 0) is 9.84 Å². The molecule has 0 aliphatic rings. The van der Waals surface area contributed by atoms with Gasteiger partial charge in [-0.2, -0.15) is 0 Å². The molecule has 0 saturated carbocycles. The van der Waals surface area contributed by atoms with Gasteiger partial charge >= 0.3 is 5.63 Å². The van der Waals surface area contributed by atoms with Gasteiger partial charge in [0.25, 0.3) is 5.69 Å². The molecule has 3 aromatic rings. The standard InChI is InChI=1S/C15H7Cl2NO6S/c16-11-3-2-10(7-12(11)17)25(22,23)14-6-8-5-9(18(20)21)1-4-13(8)24-15(14)19/h1-7H. The van der Waals surface area contributed by atoms with Crippen molar-refractivity contribution < 1.29 is 17.8 Å². The first-order chi connectivity index (χ1) is 11.7. The lowest BCUT2D eigenvalue weighted by Gasteiger charge is -2.06. The molecule has 0 radical (unpaired) electrons. The summed E-state index contributed by atoms with van der Waals surface area (Å²) in [7, 11) is -4.25. The van der Waals surface area contributed by atoms with Crippen LogP contribution in [0.3, 0.4) is 0 Å². The average Bonchev–Trinajstić information content (AvgIpc) is 2.55. The van der Waals surface area contributed by atoms with Crippen LogP contribution < -0.4 is 5.63 Å². The zero-order valence-corrected chi connectivity index (χ0v) is 14.4. The Hall–Kier alpha value is -2.42. The van der Waals surface area contributed by atoms with E-state index in [1.165, 1.54) is 18.2 Å². The number of non-ortho nitro benzene ring substituents is 1. The lowest BCUT2D eigenvalue weighted by Crippen LogP contribution is -2.14. The van der Waals surface area contributed by atoms with Gasteiger partial charge in [-0.3, -0.25) is 10.1 Å². The van der Waals surface area contributed by atoms with Crippen LogP contribution in [0.4, 0.5) is 5.69 Å². The first kappa shape index (κ1) is 17.4. The maximum atomic E-state index is 12.7. The Kier molecular flexibility index (Phi) is 4.28. The Morgan fingerprint density at radius 3 is 2.36 bits per heavy atom. The second-order valence-corrected chi connectivity index (χ2v) is 7.69. The van der Waals surface area contributed by atoms with E-state index < -0.39 is 25.3 Å². The van der Waals surface area contributed by atoms with Crippen molar-refractivity contribution in [1.82, 2.24) is 0 Å². The molecule has 1 aromatic heterocycles. The molecule has 0 bridgehead atoms. The zero-order valence-electron chi connectivity index (χ0n) is 12.1. The van der Waals surface area contributed by atoms with Crippen LogP contribution in [0.2, 0.25) is 10.0 Å². The van der Waals surface area contributed by atoms with Gasteiger partial charge in [0, 0.05) is 17.5 Å². The number of sulfone groups is 1. The van der Waals surface area contributed by atoms with Crippen molar-refractivity contribution in [2.24, 2.45) is 0 Å². The van der Waals surface area contributed by atoms with E-state index >= 15 is 0 Å². The maximum absolute atomic E-state index is 12.7. The van der Waals surface area contributed by atoms with Crippen LogP contribution >= 0.6 is 23.2 Å². The minimum absolute atomic E-state index is 0.00329. The SMILES string of the molecule is O=c1oc2ccc([N+](=O)[O-])cc2cc1S(=O)(=O)c1ccc(Cl)c(Cl)c1. The van der Waals surface area contributed by atoms with Gasteiger partial charge in [0.2, 0.25) is 9.84 Å². The predicted molar refractivity (Wildman–Crippen MR) is 91.1 cm³/mol. The molecule has 1 heterocycles. The molecule has 7 nitrogen and oxygen atoms in total. The lowest BCUT2D eigenvalue weighted by atomic mass is 10.2. The largest absolute Gasteiger partial charge is 0.422 e. The molecule has 0 N–H and O–H groups in total. The zero-order chi connectivity index (χ0) is 18.4. The van der Waals surface area contributed by atoms with Gasteiger partial charge in [-0.1, -0.05) is 23.2 Å². The summed E-state index contributed by atoms with van der Waals surface area (Å²) in [5, 5.41) is 11.1. The van der Waals surface area contributed by atoms with E-state index in [4.69, 9.17) is 27.6 Å². The topological polar surface area (TPSA) is 107 Å². The van der Waals surface area contributed by atoms with Crippen LogP contribution in [-0.4, -0.2) is 13.3 Å². The lowest BCUT2D eigenvalue weighted by molar-refractivity contribution is -0.384. The fourth-order valence-electron chi connectivity index (χ4n) is 2.16. The van der Waals surface area contributed by atoms with Gasteiger partial charge in [0.15, 0.2) is 4.90 Å². The quantitative estimate of drug-likeness (QED) is 0.376. The minimum atomic E-state index is -4.25. The molecule has 10 heteroatoms. The van der Waals surface area contributed by atoms with E-state index in [2.05, 4.69) is 0 Å². The number of hydrogen-bond donors (Lipinski definition) is 0. The van der Waals surface area contributed by atoms with Crippen molar-refractivity contribution in [1.29, 1.82) is 0 Å². The van der Waals surface area contributed by atoms with Gasteiger partial charge < -0.3 is 4.42 Å². The summed E-state index contributed by atoms with van der Waals surface area (Å²) in [5.41, 5.74) is -1.32. The Labute approximate surface area is 150 Å². The minimum Gasteiger partial charge on any atom is -0.422 e. The first-order valence-electron chi connectivity index (χ1n) is 6.62. The average molecular weight is 400 g/mol. The van der Waals surface area contributed by atoms with E-state index in [1.807, 2.05) is 0 Å². The van der Waals surface area contributed by atoms with E-state index in [9.17, 15) is 23.3 Å². The van der Waals surface area contributed by atoms with Crippen LogP contribution in [0.5, 0.6) is 0 Å². The number of nitro groups is 1. The summed E-state index contributed by atoms with van der Waals surface area (Å²) in [6, 6.07) is 8.11. The molecule has 3 rings (SSSR count). The summed E-state index contributed by atoms with van der Waals surface area (Å²) in [6.45, 7) is 0. The third kappa shape index (κ3) is 3.11. The van der Waals surface area contributed by atoms with Crippen molar-refractivity contribution in [3.05, 3.63) is 73.0 Å². The Morgan fingerprint density at radius 2 is 1.72 bits per heavy atom. The molecule has 0 amide bonds. The van der Waals surface area contributed by atoms with Crippen molar-refractivity contribution in [3.63, 3.8) is 0 Å². The van der Waals surface area contributed by atoms with E-state index in [1.54, 1.807) is 0 Å². The molecule has 0 spiro atoms. The number of nitrogens with zero attached hydrogens (tertiary/aromatic N) is 1. The summed E-state index contributed by atoms with van der Waals surface area (Å²) < 4.78 is 30.3. The number of nitro benzene ring substituents is 1. The number of hydrogen-bond acceptors (Lipinski definition) is 6. The second-order valence-electron chi connectivity index (χ2n) is 4.96. The fourth-order valence-corrected chi connectivity index (χ4v) is 3.84. The van der Waals surface area contributed by atoms with Crippen molar-refractivity contribution in [3.8, 4) is 0 Å². The van der Waals surface area contributed by atoms with Gasteiger partial charge in [-0.25, -0.2) is 13.2 Å². The van der Waals surface area contributed by atoms with Crippen LogP contribution in [0.25, 0.3) is 11.0 Å². The van der Waals surface area contributed by atoms with Crippen molar-refractivity contribution in [2.75, 3.05) is 0 Å². The van der Waals surface area contributed by atoms with Crippen LogP contribution in [0, 0.1) is 10.1 Å². The third-order valence-corrected chi connectivity index (χ3v) is 5.86. The first-order valence-corrected chi connectivity index (χ1v) is 8.86. The smallest absolute Gasteiger partial charge is 0.355 e. The van der Waals surface area contributed by atoms with Crippen molar-refractivity contribution >= 4 is 49.7 Å². The molecule has 25 heavy (non-hydrogen) atoms. The van der Waals surface area contributed by atoms with Gasteiger partial charge in [0.1, 0.15) is 5.58 Å². The summed E-state index contributed by atoms with van der Waals surface area (Å²) in [4.78, 5) is 21.4. The molecule has 128 valence electrons. The Bertz CT molecular complexity index is 1190. The van der Waals surface area contributed by atoms with E-state index in [0.717, 1.165) is 24.3 Å². The Balaban J connectivity index is 2.25. The number of benzene rings is 2. The molecule has 2 aromatic carbocycles. The summed E-state index contributed by atoms with van der Waals surface area (Å²) >= 11 is 11.6. The van der Waals surface area contributed by atoms with Gasteiger partial charge in [-0.15, -0.1) is 0 Å². The molecule has 0 unspecified atom stereocenters. The molecule has 0 saturated heterocycles. The van der Waals surface area contributed by atoms with E-state index in [0.29, 0.717) is 0 Å². The second kappa shape index (κ2) is 6.14. The predicted octanol–water partition coefficient (Wildman–Crippen LogP) is 3.84. The third-order valence-electron chi connectivity index (χ3n) is 3.39. The maximum Gasteiger partial charge on any atom is 0.355 e. The summed E-state index contributed by atoms with van der Waals surface area (Å²) in [6.07, 6.45) is 0. The highest BCUT2D eigenvalue weighted by Gasteiger charge is 2.24. The van der Waals surface area contributed by atoms with Crippen LogP contribution in [0.1, 0.15) is 0 Å². The summed E-state index contributed by atoms with van der Waals surface area (Å²) in [5.74, 6) is 0. The molecule has 0 atom stereocenters. The highest BCUT2D eigenvalue weighted by atomic mass is 35.5. The fraction of sp³-hybridized carbons (Fsp3) is 0. The van der Waals surface area contributed by atoms with Gasteiger partial charge in [-0.05, 0) is 30.3 Å². The Morgan fingerprint density at radius 1 is 1.00 bits per heavy atom. The highest BCUT2D eigenvalue weighted by Crippen LogP contribution is 2.29. The molecule has 0 aliphatic heterocycles. The number of halogens is 2. The number of fused-ring (bicyclic) bond motifs is 1. The normalized spacial score (nSPS) is 11.6. The molecule has 0 fully saturated rings. The van der Waals surface area contributed by atoms with Gasteiger partial charge in [0.05, 0.1) is 19.9 Å². The molecular formula is C15H7Cl2NO6S. The monoisotopic (exact) mass is 399 g/mol. The molecule has 0 aliphatic carbocycles. The highest BCUT2D eigenvalue weighted by molar-refractivity contribution is 7.91. The molecular weight excluding hydrogens is 393 g/mol. The van der Waals surface area contributed by atoms with E-state index in [-0.39, 0.29) is 31.6 Å².